The van der Waals surface area contributed by atoms with Gasteiger partial charge >= 0.3 is 0 Å². The fraction of sp³-hybridized carbons (Fsp3) is 0.611. The fourth-order valence-electron chi connectivity index (χ4n) is 3.50. The van der Waals surface area contributed by atoms with Crippen LogP contribution in [0, 0.1) is 5.92 Å². The van der Waals surface area contributed by atoms with Gasteiger partial charge in [-0.1, -0.05) is 18.2 Å². The third-order valence-corrected chi connectivity index (χ3v) is 4.79. The van der Waals surface area contributed by atoms with Crippen molar-refractivity contribution in [2.75, 3.05) is 38.3 Å². The Balaban J connectivity index is 1.68. The number of para-hydroxylation sites is 1. The van der Waals surface area contributed by atoms with Gasteiger partial charge in [-0.2, -0.15) is 0 Å². The second-order valence-electron chi connectivity index (χ2n) is 6.40. The predicted molar refractivity (Wildman–Crippen MR) is 87.9 cm³/mol. The molecule has 0 bridgehead atoms. The Bertz CT molecular complexity index is 506. The Hall–Kier alpha value is -1.55. The molecule has 2 aliphatic heterocycles. The van der Waals surface area contributed by atoms with E-state index < -0.39 is 0 Å². The van der Waals surface area contributed by atoms with Gasteiger partial charge in [-0.05, 0) is 37.3 Å². The van der Waals surface area contributed by atoms with Crippen molar-refractivity contribution in [3.63, 3.8) is 0 Å². The molecule has 2 aliphatic rings. The number of anilines is 1. The van der Waals surface area contributed by atoms with Crippen molar-refractivity contribution in [2.45, 2.75) is 32.2 Å². The largest absolute Gasteiger partial charge is 0.381 e. The number of carbonyl (C=O) groups is 1. The molecule has 4 nitrogen and oxygen atoms in total. The Morgan fingerprint density at radius 3 is 2.64 bits per heavy atom. The van der Waals surface area contributed by atoms with Gasteiger partial charge in [0.25, 0.3) is 0 Å². The zero-order valence-corrected chi connectivity index (χ0v) is 13.5. The highest BCUT2D eigenvalue weighted by molar-refractivity contribution is 5.79. The molecule has 2 heterocycles. The molecule has 0 N–H and O–H groups in total. The average molecular weight is 302 g/mol. The van der Waals surface area contributed by atoms with E-state index in [0.717, 1.165) is 25.9 Å². The van der Waals surface area contributed by atoms with Crippen LogP contribution in [0.4, 0.5) is 5.69 Å². The first kappa shape index (κ1) is 15.3. The second kappa shape index (κ2) is 7.14. The smallest absolute Gasteiger partial charge is 0.225 e. The van der Waals surface area contributed by atoms with Crippen molar-refractivity contribution in [3.8, 4) is 0 Å². The number of ether oxygens (including phenoxy) is 1. The second-order valence-corrected chi connectivity index (χ2v) is 6.40. The molecular weight excluding hydrogens is 276 g/mol. The van der Waals surface area contributed by atoms with Gasteiger partial charge in [0.15, 0.2) is 0 Å². The molecule has 0 radical (unpaired) electrons. The molecule has 0 aromatic heterocycles. The molecule has 0 unspecified atom stereocenters. The van der Waals surface area contributed by atoms with Gasteiger partial charge in [-0.25, -0.2) is 0 Å². The minimum atomic E-state index is 0.137. The Kier molecular flexibility index (Phi) is 4.98. The van der Waals surface area contributed by atoms with Crippen molar-refractivity contribution in [3.05, 3.63) is 29.8 Å². The van der Waals surface area contributed by atoms with Crippen LogP contribution in [0.25, 0.3) is 0 Å². The first-order valence-electron chi connectivity index (χ1n) is 8.41. The van der Waals surface area contributed by atoms with Gasteiger partial charge in [0.05, 0.1) is 0 Å². The van der Waals surface area contributed by atoms with Crippen LogP contribution >= 0.6 is 0 Å². The Labute approximate surface area is 133 Å². The standard InChI is InChI=1S/C18H26N2O2/c1-19(18(21)15-8-12-22-13-9-15)14-16-6-2-3-7-17(16)20-10-4-5-11-20/h2-3,6-7,15H,4-5,8-14H2,1H3. The molecule has 0 spiro atoms. The van der Waals surface area contributed by atoms with Gasteiger partial charge in [-0.3, -0.25) is 4.79 Å². The van der Waals surface area contributed by atoms with Crippen LogP contribution in [-0.2, 0) is 16.1 Å². The predicted octanol–water partition coefficient (Wildman–Crippen LogP) is 2.67. The number of hydrogen-bond acceptors (Lipinski definition) is 3. The normalized spacial score (nSPS) is 19.4. The maximum absolute atomic E-state index is 12.6. The van der Waals surface area contributed by atoms with Crippen molar-refractivity contribution in [1.29, 1.82) is 0 Å². The number of hydrogen-bond donors (Lipinski definition) is 0. The first-order chi connectivity index (χ1) is 10.8. The Morgan fingerprint density at radius 2 is 1.91 bits per heavy atom. The summed E-state index contributed by atoms with van der Waals surface area (Å²) in [4.78, 5) is 16.9. The number of benzene rings is 1. The van der Waals surface area contributed by atoms with E-state index >= 15 is 0 Å². The van der Waals surface area contributed by atoms with E-state index in [9.17, 15) is 4.79 Å². The topological polar surface area (TPSA) is 32.8 Å². The van der Waals surface area contributed by atoms with Crippen LogP contribution in [-0.4, -0.2) is 44.2 Å². The molecule has 2 saturated heterocycles. The minimum absolute atomic E-state index is 0.137. The van der Waals surface area contributed by atoms with Crippen molar-refractivity contribution >= 4 is 11.6 Å². The van der Waals surface area contributed by atoms with Crippen LogP contribution < -0.4 is 4.90 Å². The summed E-state index contributed by atoms with van der Waals surface area (Å²) in [5.74, 6) is 0.400. The third kappa shape index (κ3) is 3.43. The lowest BCUT2D eigenvalue weighted by Crippen LogP contribution is -2.36. The summed E-state index contributed by atoms with van der Waals surface area (Å²) in [5.41, 5.74) is 2.55. The summed E-state index contributed by atoms with van der Waals surface area (Å²) in [6.07, 6.45) is 4.25. The molecule has 22 heavy (non-hydrogen) atoms. The maximum Gasteiger partial charge on any atom is 0.225 e. The van der Waals surface area contributed by atoms with E-state index in [4.69, 9.17) is 4.74 Å². The highest BCUT2D eigenvalue weighted by atomic mass is 16.5. The van der Waals surface area contributed by atoms with E-state index in [1.54, 1.807) is 0 Å². The van der Waals surface area contributed by atoms with E-state index in [2.05, 4.69) is 29.2 Å². The number of nitrogens with zero attached hydrogens (tertiary/aromatic N) is 2. The molecule has 1 aromatic carbocycles. The third-order valence-electron chi connectivity index (χ3n) is 4.79. The summed E-state index contributed by atoms with van der Waals surface area (Å²) in [7, 11) is 1.93. The number of carbonyl (C=O) groups excluding carboxylic acids is 1. The fourth-order valence-corrected chi connectivity index (χ4v) is 3.50. The minimum Gasteiger partial charge on any atom is -0.381 e. The Morgan fingerprint density at radius 1 is 1.23 bits per heavy atom. The molecule has 0 aliphatic carbocycles. The molecule has 0 saturated carbocycles. The highest BCUT2D eigenvalue weighted by Crippen LogP contribution is 2.26. The first-order valence-corrected chi connectivity index (χ1v) is 8.41. The molecule has 3 rings (SSSR count). The quantitative estimate of drug-likeness (QED) is 0.857. The van der Waals surface area contributed by atoms with Crippen LogP contribution in [0.1, 0.15) is 31.2 Å². The summed E-state index contributed by atoms with van der Waals surface area (Å²) in [5, 5.41) is 0. The van der Waals surface area contributed by atoms with Crippen molar-refractivity contribution in [2.24, 2.45) is 5.92 Å². The van der Waals surface area contributed by atoms with Crippen LogP contribution in [0.2, 0.25) is 0 Å². The maximum atomic E-state index is 12.6. The van der Waals surface area contributed by atoms with Gasteiger partial charge in [0, 0.05) is 51.5 Å². The molecule has 0 atom stereocenters. The van der Waals surface area contributed by atoms with Gasteiger partial charge in [0.2, 0.25) is 5.91 Å². The van der Waals surface area contributed by atoms with Crippen LogP contribution in [0.3, 0.4) is 0 Å². The van der Waals surface area contributed by atoms with Crippen molar-refractivity contribution < 1.29 is 9.53 Å². The van der Waals surface area contributed by atoms with Gasteiger partial charge < -0.3 is 14.5 Å². The van der Waals surface area contributed by atoms with Crippen LogP contribution in [0.15, 0.2) is 24.3 Å². The van der Waals surface area contributed by atoms with E-state index in [1.165, 1.54) is 24.1 Å². The zero-order chi connectivity index (χ0) is 15.4. The number of amides is 1. The lowest BCUT2D eigenvalue weighted by Gasteiger charge is -2.28. The zero-order valence-electron chi connectivity index (χ0n) is 13.5. The monoisotopic (exact) mass is 302 g/mol. The lowest BCUT2D eigenvalue weighted by molar-refractivity contribution is -0.137. The lowest BCUT2D eigenvalue weighted by atomic mass is 9.98. The van der Waals surface area contributed by atoms with E-state index in [1.807, 2.05) is 11.9 Å². The summed E-state index contributed by atoms with van der Waals surface area (Å²) >= 11 is 0. The average Bonchev–Trinajstić information content (AvgIpc) is 3.10. The van der Waals surface area contributed by atoms with E-state index in [0.29, 0.717) is 19.8 Å². The summed E-state index contributed by atoms with van der Waals surface area (Å²) in [6.45, 7) is 4.40. The summed E-state index contributed by atoms with van der Waals surface area (Å²) < 4.78 is 5.36. The van der Waals surface area contributed by atoms with Gasteiger partial charge in [0.1, 0.15) is 0 Å². The molecule has 1 amide bonds. The van der Waals surface area contributed by atoms with E-state index in [-0.39, 0.29) is 11.8 Å². The number of rotatable bonds is 4. The highest BCUT2D eigenvalue weighted by Gasteiger charge is 2.25. The molecule has 1 aromatic rings. The summed E-state index contributed by atoms with van der Waals surface area (Å²) in [6, 6.07) is 8.51. The molecule has 120 valence electrons. The molecule has 4 heteroatoms. The molecule has 2 fully saturated rings. The molecular formula is C18H26N2O2. The van der Waals surface area contributed by atoms with Gasteiger partial charge in [-0.15, -0.1) is 0 Å². The SMILES string of the molecule is CN(Cc1ccccc1N1CCCC1)C(=O)C1CCOCC1. The van der Waals surface area contributed by atoms with Crippen LogP contribution in [0.5, 0.6) is 0 Å². The van der Waals surface area contributed by atoms with Crippen molar-refractivity contribution in [1.82, 2.24) is 4.90 Å².